The Morgan fingerprint density at radius 2 is 1.88 bits per heavy atom. The fourth-order valence-corrected chi connectivity index (χ4v) is 2.66. The molecule has 0 saturated carbocycles. The van der Waals surface area contributed by atoms with Crippen LogP contribution in [0.2, 0.25) is 5.02 Å². The van der Waals surface area contributed by atoms with E-state index in [9.17, 15) is 9.59 Å². The maximum atomic E-state index is 12.2. The summed E-state index contributed by atoms with van der Waals surface area (Å²) in [6, 6.07) is 10.0. The van der Waals surface area contributed by atoms with Gasteiger partial charge in [-0.15, -0.1) is 0 Å². The number of carbonyl (C=O) groups is 2. The Hall–Kier alpha value is -3.06. The molecule has 0 aliphatic rings. The van der Waals surface area contributed by atoms with E-state index in [0.717, 1.165) is 11.0 Å². The van der Waals surface area contributed by atoms with E-state index in [1.165, 1.54) is 13.2 Å². The first kappa shape index (κ1) is 17.8. The topological polar surface area (TPSA) is 96.1 Å². The monoisotopic (exact) mass is 372 g/mol. The highest BCUT2D eigenvalue weighted by Crippen LogP contribution is 2.22. The fourth-order valence-electron chi connectivity index (χ4n) is 2.48. The van der Waals surface area contributed by atoms with Crippen LogP contribution >= 0.6 is 11.6 Å². The first-order valence-corrected chi connectivity index (χ1v) is 8.29. The van der Waals surface area contributed by atoms with Crippen molar-refractivity contribution in [1.29, 1.82) is 0 Å². The molecule has 26 heavy (non-hydrogen) atoms. The molecule has 2 aromatic carbocycles. The largest absolute Gasteiger partial charge is 0.496 e. The standard InChI is InChI=1S/C18H17ClN4O3/c1-26-16-5-3-12(19)9-13(16)18(25)21-7-6-20-17(24)11-2-4-14-15(8-11)23-10-22-14/h2-5,8-10H,6-7H2,1H3,(H,20,24)(H,21,25)(H,22,23). The van der Waals surface area contributed by atoms with Gasteiger partial charge < -0.3 is 20.4 Å². The van der Waals surface area contributed by atoms with E-state index in [4.69, 9.17) is 16.3 Å². The third kappa shape index (κ3) is 3.94. The Morgan fingerprint density at radius 3 is 2.65 bits per heavy atom. The minimum Gasteiger partial charge on any atom is -0.496 e. The summed E-state index contributed by atoms with van der Waals surface area (Å²) in [7, 11) is 1.48. The van der Waals surface area contributed by atoms with E-state index in [1.807, 2.05) is 0 Å². The molecule has 3 N–H and O–H groups in total. The molecule has 0 aliphatic carbocycles. The molecule has 1 heterocycles. The van der Waals surface area contributed by atoms with Crippen molar-refractivity contribution in [3.05, 3.63) is 58.9 Å². The Bertz CT molecular complexity index is 955. The van der Waals surface area contributed by atoms with Gasteiger partial charge in [-0.05, 0) is 36.4 Å². The van der Waals surface area contributed by atoms with Crippen LogP contribution in [0.1, 0.15) is 20.7 Å². The van der Waals surface area contributed by atoms with Gasteiger partial charge in [0.2, 0.25) is 0 Å². The number of hydrogen-bond acceptors (Lipinski definition) is 4. The van der Waals surface area contributed by atoms with Gasteiger partial charge in [-0.25, -0.2) is 4.98 Å². The molecular weight excluding hydrogens is 356 g/mol. The van der Waals surface area contributed by atoms with Gasteiger partial charge in [-0.2, -0.15) is 0 Å². The lowest BCUT2D eigenvalue weighted by Crippen LogP contribution is -2.34. The van der Waals surface area contributed by atoms with Gasteiger partial charge in [-0.1, -0.05) is 11.6 Å². The smallest absolute Gasteiger partial charge is 0.255 e. The average molecular weight is 373 g/mol. The summed E-state index contributed by atoms with van der Waals surface area (Å²) in [5, 5.41) is 5.93. The summed E-state index contributed by atoms with van der Waals surface area (Å²) in [6.45, 7) is 0.557. The molecule has 0 atom stereocenters. The lowest BCUT2D eigenvalue weighted by atomic mass is 10.2. The first-order valence-electron chi connectivity index (χ1n) is 7.91. The van der Waals surface area contributed by atoms with Crippen molar-refractivity contribution in [3.63, 3.8) is 0 Å². The van der Waals surface area contributed by atoms with E-state index in [-0.39, 0.29) is 24.9 Å². The van der Waals surface area contributed by atoms with Crippen LogP contribution in [0.5, 0.6) is 5.75 Å². The minimum absolute atomic E-state index is 0.226. The van der Waals surface area contributed by atoms with Gasteiger partial charge in [0.05, 0.1) is 30.0 Å². The van der Waals surface area contributed by atoms with E-state index in [0.29, 0.717) is 21.9 Å². The Labute approximate surface area is 154 Å². The molecule has 7 nitrogen and oxygen atoms in total. The normalized spacial score (nSPS) is 10.5. The molecule has 0 aliphatic heterocycles. The van der Waals surface area contributed by atoms with E-state index < -0.39 is 0 Å². The summed E-state index contributed by atoms with van der Waals surface area (Å²) < 4.78 is 5.16. The zero-order valence-electron chi connectivity index (χ0n) is 14.0. The summed E-state index contributed by atoms with van der Waals surface area (Å²) >= 11 is 5.92. The molecule has 0 radical (unpaired) electrons. The fraction of sp³-hybridized carbons (Fsp3) is 0.167. The number of benzene rings is 2. The molecule has 8 heteroatoms. The van der Waals surface area contributed by atoms with Gasteiger partial charge in [-0.3, -0.25) is 9.59 Å². The lowest BCUT2D eigenvalue weighted by Gasteiger charge is -2.10. The highest BCUT2D eigenvalue weighted by molar-refractivity contribution is 6.31. The molecule has 2 amide bonds. The van der Waals surface area contributed by atoms with E-state index >= 15 is 0 Å². The number of aromatic nitrogens is 2. The van der Waals surface area contributed by atoms with Crippen LogP contribution in [0.15, 0.2) is 42.7 Å². The number of amides is 2. The predicted molar refractivity (Wildman–Crippen MR) is 98.8 cm³/mol. The third-order valence-electron chi connectivity index (χ3n) is 3.78. The number of hydrogen-bond donors (Lipinski definition) is 3. The molecule has 0 saturated heterocycles. The summed E-state index contributed by atoms with van der Waals surface area (Å²) in [4.78, 5) is 31.5. The Kier molecular flexibility index (Phi) is 5.38. The number of H-pyrrole nitrogens is 1. The van der Waals surface area contributed by atoms with Gasteiger partial charge >= 0.3 is 0 Å². The average Bonchev–Trinajstić information content (AvgIpc) is 3.12. The predicted octanol–water partition coefficient (Wildman–Crippen LogP) is 2.38. The molecule has 0 fully saturated rings. The van der Waals surface area contributed by atoms with Crippen LogP contribution in [0.4, 0.5) is 0 Å². The number of halogens is 1. The number of methoxy groups -OCH3 is 1. The van der Waals surface area contributed by atoms with Crippen molar-refractivity contribution in [3.8, 4) is 5.75 Å². The van der Waals surface area contributed by atoms with E-state index in [2.05, 4.69) is 20.6 Å². The number of fused-ring (bicyclic) bond motifs is 1. The van der Waals surface area contributed by atoms with Gasteiger partial charge in [0.25, 0.3) is 11.8 Å². The molecule has 3 aromatic rings. The van der Waals surface area contributed by atoms with Crippen LogP contribution in [-0.2, 0) is 0 Å². The van der Waals surface area contributed by atoms with Crippen LogP contribution in [-0.4, -0.2) is 42.0 Å². The molecular formula is C18H17ClN4O3. The van der Waals surface area contributed by atoms with Gasteiger partial charge in [0.1, 0.15) is 5.75 Å². The van der Waals surface area contributed by atoms with E-state index in [1.54, 1.807) is 36.7 Å². The van der Waals surface area contributed by atoms with Crippen LogP contribution in [0.3, 0.4) is 0 Å². The van der Waals surface area contributed by atoms with Crippen molar-refractivity contribution in [2.45, 2.75) is 0 Å². The number of nitrogens with one attached hydrogen (secondary N) is 3. The van der Waals surface area contributed by atoms with Gasteiger partial charge in [0.15, 0.2) is 0 Å². The molecule has 1 aromatic heterocycles. The van der Waals surface area contributed by atoms with Crippen molar-refractivity contribution in [2.24, 2.45) is 0 Å². The quantitative estimate of drug-likeness (QED) is 0.579. The zero-order chi connectivity index (χ0) is 18.5. The van der Waals surface area contributed by atoms with Gasteiger partial charge in [0, 0.05) is 23.7 Å². The third-order valence-corrected chi connectivity index (χ3v) is 4.02. The second-order valence-electron chi connectivity index (χ2n) is 5.49. The number of aromatic amines is 1. The highest BCUT2D eigenvalue weighted by atomic mass is 35.5. The Morgan fingerprint density at radius 1 is 1.12 bits per heavy atom. The minimum atomic E-state index is -0.322. The van der Waals surface area contributed by atoms with Crippen LogP contribution in [0, 0.1) is 0 Å². The number of imidazole rings is 1. The summed E-state index contributed by atoms with van der Waals surface area (Å²) in [5.74, 6) is -0.114. The SMILES string of the molecule is COc1ccc(Cl)cc1C(=O)NCCNC(=O)c1ccc2nc[nH]c2c1. The summed E-state index contributed by atoms with van der Waals surface area (Å²) in [5.41, 5.74) is 2.45. The maximum absolute atomic E-state index is 12.2. The highest BCUT2D eigenvalue weighted by Gasteiger charge is 2.13. The van der Waals surface area contributed by atoms with Crippen molar-refractivity contribution in [1.82, 2.24) is 20.6 Å². The second kappa shape index (κ2) is 7.88. The Balaban J connectivity index is 1.52. The van der Waals surface area contributed by atoms with Crippen LogP contribution < -0.4 is 15.4 Å². The molecule has 134 valence electrons. The molecule has 3 rings (SSSR count). The number of nitrogens with zero attached hydrogens (tertiary/aromatic N) is 1. The second-order valence-corrected chi connectivity index (χ2v) is 5.93. The maximum Gasteiger partial charge on any atom is 0.255 e. The van der Waals surface area contributed by atoms with Crippen molar-refractivity contribution >= 4 is 34.4 Å². The van der Waals surface area contributed by atoms with Crippen LogP contribution in [0.25, 0.3) is 11.0 Å². The van der Waals surface area contributed by atoms with Crippen molar-refractivity contribution < 1.29 is 14.3 Å². The molecule has 0 spiro atoms. The first-order chi connectivity index (χ1) is 12.6. The number of ether oxygens (including phenoxy) is 1. The zero-order valence-corrected chi connectivity index (χ0v) is 14.8. The number of rotatable bonds is 6. The lowest BCUT2D eigenvalue weighted by molar-refractivity contribution is 0.0926. The van der Waals surface area contributed by atoms with Crippen molar-refractivity contribution in [2.75, 3.05) is 20.2 Å². The molecule has 0 bridgehead atoms. The number of carbonyl (C=O) groups excluding carboxylic acids is 2. The molecule has 0 unspecified atom stereocenters. The summed E-state index contributed by atoms with van der Waals surface area (Å²) in [6.07, 6.45) is 1.58.